The third-order valence-electron chi connectivity index (χ3n) is 5.08. The summed E-state index contributed by atoms with van der Waals surface area (Å²) in [6.45, 7) is 2.89. The highest BCUT2D eigenvalue weighted by atomic mass is 35.5. The van der Waals surface area contributed by atoms with Gasteiger partial charge in [0.15, 0.2) is 0 Å². The van der Waals surface area contributed by atoms with Crippen LogP contribution in [-0.4, -0.2) is 17.7 Å². The molecule has 4 nitrogen and oxygen atoms in total. The van der Waals surface area contributed by atoms with Crippen LogP contribution in [0.4, 0.5) is 4.79 Å². The Balaban J connectivity index is 1.58. The number of urea groups is 1. The summed E-state index contributed by atoms with van der Waals surface area (Å²) >= 11 is 7.54. The minimum Gasteiger partial charge on any atom is -0.388 e. The van der Waals surface area contributed by atoms with E-state index in [-0.39, 0.29) is 11.4 Å². The van der Waals surface area contributed by atoms with E-state index in [4.69, 9.17) is 11.6 Å². The molecule has 6 heteroatoms. The highest BCUT2D eigenvalue weighted by Gasteiger charge is 2.37. The van der Waals surface area contributed by atoms with Gasteiger partial charge in [0.05, 0.1) is 6.10 Å². The van der Waals surface area contributed by atoms with Gasteiger partial charge in [-0.15, -0.1) is 11.3 Å². The average molecular weight is 393 g/mol. The normalized spacial score (nSPS) is 17.0. The SMILES string of the molecule is CC(O)c1ccc(C2(CNC(=O)NCc3ccc(Cl)cc3)CCCC2)s1. The van der Waals surface area contributed by atoms with Crippen molar-refractivity contribution < 1.29 is 9.90 Å². The third-order valence-corrected chi connectivity index (χ3v) is 6.83. The van der Waals surface area contributed by atoms with Gasteiger partial charge in [-0.3, -0.25) is 0 Å². The fraction of sp³-hybridized carbons (Fsp3) is 0.450. The predicted molar refractivity (Wildman–Crippen MR) is 107 cm³/mol. The molecule has 1 atom stereocenters. The van der Waals surface area contributed by atoms with Crippen molar-refractivity contribution in [3.05, 3.63) is 56.7 Å². The molecule has 0 bridgehead atoms. The molecule has 1 saturated carbocycles. The molecule has 1 aliphatic carbocycles. The molecule has 0 spiro atoms. The highest BCUT2D eigenvalue weighted by molar-refractivity contribution is 7.12. The summed E-state index contributed by atoms with van der Waals surface area (Å²) in [6.07, 6.45) is 4.06. The number of hydrogen-bond acceptors (Lipinski definition) is 3. The molecule has 1 heterocycles. The lowest BCUT2D eigenvalue weighted by Gasteiger charge is -2.28. The summed E-state index contributed by atoms with van der Waals surface area (Å²) in [5.74, 6) is 0. The quantitative estimate of drug-likeness (QED) is 0.663. The van der Waals surface area contributed by atoms with Gasteiger partial charge in [-0.05, 0) is 49.6 Å². The molecule has 1 fully saturated rings. The first-order valence-electron chi connectivity index (χ1n) is 9.03. The Morgan fingerprint density at radius 2 is 1.88 bits per heavy atom. The van der Waals surface area contributed by atoms with Crippen molar-refractivity contribution in [2.24, 2.45) is 0 Å². The summed E-state index contributed by atoms with van der Waals surface area (Å²) in [7, 11) is 0. The molecule has 0 saturated heterocycles. The number of aliphatic hydroxyl groups is 1. The number of thiophene rings is 1. The van der Waals surface area contributed by atoms with E-state index in [1.807, 2.05) is 30.3 Å². The smallest absolute Gasteiger partial charge is 0.315 e. The van der Waals surface area contributed by atoms with Crippen LogP contribution in [0.5, 0.6) is 0 Å². The molecule has 1 aliphatic rings. The van der Waals surface area contributed by atoms with Crippen molar-refractivity contribution >= 4 is 29.0 Å². The summed E-state index contributed by atoms with van der Waals surface area (Å²) in [4.78, 5) is 14.5. The summed E-state index contributed by atoms with van der Waals surface area (Å²) < 4.78 is 0. The van der Waals surface area contributed by atoms with E-state index in [1.165, 1.54) is 17.7 Å². The van der Waals surface area contributed by atoms with E-state index in [2.05, 4.69) is 16.7 Å². The Bertz CT molecular complexity index is 737. The molecule has 140 valence electrons. The number of carbonyl (C=O) groups excluding carboxylic acids is 1. The Morgan fingerprint density at radius 1 is 1.19 bits per heavy atom. The van der Waals surface area contributed by atoms with Crippen molar-refractivity contribution in [1.82, 2.24) is 10.6 Å². The van der Waals surface area contributed by atoms with Crippen LogP contribution in [0.25, 0.3) is 0 Å². The van der Waals surface area contributed by atoms with Crippen LogP contribution in [-0.2, 0) is 12.0 Å². The molecule has 26 heavy (non-hydrogen) atoms. The largest absolute Gasteiger partial charge is 0.388 e. The fourth-order valence-electron chi connectivity index (χ4n) is 3.52. The zero-order valence-corrected chi connectivity index (χ0v) is 16.5. The number of amides is 2. The molecular formula is C20H25ClN2O2S. The zero-order valence-electron chi connectivity index (χ0n) is 14.9. The van der Waals surface area contributed by atoms with Crippen LogP contribution >= 0.6 is 22.9 Å². The van der Waals surface area contributed by atoms with Gasteiger partial charge in [-0.1, -0.05) is 36.6 Å². The number of carbonyl (C=O) groups is 1. The van der Waals surface area contributed by atoms with E-state index in [0.29, 0.717) is 18.1 Å². The third kappa shape index (κ3) is 4.58. The van der Waals surface area contributed by atoms with Crippen molar-refractivity contribution in [2.75, 3.05) is 6.54 Å². The van der Waals surface area contributed by atoms with Gasteiger partial charge in [0.1, 0.15) is 0 Å². The second-order valence-corrected chi connectivity index (χ2v) is 8.58. The molecule has 1 aromatic carbocycles. The molecule has 0 aliphatic heterocycles. The monoisotopic (exact) mass is 392 g/mol. The lowest BCUT2D eigenvalue weighted by atomic mass is 9.84. The van der Waals surface area contributed by atoms with E-state index >= 15 is 0 Å². The number of halogens is 1. The van der Waals surface area contributed by atoms with Gasteiger partial charge in [-0.25, -0.2) is 4.79 Å². The highest BCUT2D eigenvalue weighted by Crippen LogP contribution is 2.44. The molecule has 0 radical (unpaired) electrons. The molecule has 1 unspecified atom stereocenters. The molecule has 1 aromatic heterocycles. The van der Waals surface area contributed by atoms with Crippen molar-refractivity contribution in [1.29, 1.82) is 0 Å². The number of hydrogen-bond donors (Lipinski definition) is 3. The Morgan fingerprint density at radius 3 is 2.50 bits per heavy atom. The number of benzene rings is 1. The predicted octanol–water partition coefficient (Wildman–Crippen LogP) is 4.77. The van der Waals surface area contributed by atoms with Crippen LogP contribution in [0.1, 0.15) is 54.0 Å². The number of rotatable bonds is 6. The standard InChI is InChI=1S/C20H25ClN2O2S/c1-14(24)17-8-9-18(26-17)20(10-2-3-11-20)13-23-19(25)22-12-15-4-6-16(21)7-5-15/h4-9,14,24H,2-3,10-13H2,1H3,(H2,22,23,25). The van der Waals surface area contributed by atoms with Crippen molar-refractivity contribution in [3.8, 4) is 0 Å². The van der Waals surface area contributed by atoms with Crippen LogP contribution < -0.4 is 10.6 Å². The molecule has 3 rings (SSSR count). The Labute approximate surface area is 163 Å². The minimum absolute atomic E-state index is 0.00454. The van der Waals surface area contributed by atoms with Gasteiger partial charge in [0.2, 0.25) is 0 Å². The first-order chi connectivity index (χ1) is 12.5. The maximum Gasteiger partial charge on any atom is 0.315 e. The summed E-state index contributed by atoms with van der Waals surface area (Å²) in [6, 6.07) is 11.4. The lowest BCUT2D eigenvalue weighted by molar-refractivity contribution is 0.203. The first kappa shape index (κ1) is 19.2. The Kier molecular flexibility index (Phi) is 6.22. The van der Waals surface area contributed by atoms with E-state index < -0.39 is 6.10 Å². The number of nitrogens with one attached hydrogen (secondary N) is 2. The fourth-order valence-corrected chi connectivity index (χ4v) is 4.84. The summed E-state index contributed by atoms with van der Waals surface area (Å²) in [5, 5.41) is 16.4. The van der Waals surface area contributed by atoms with Gasteiger partial charge in [0.25, 0.3) is 0 Å². The molecule has 2 amide bonds. The lowest BCUT2D eigenvalue weighted by Crippen LogP contribution is -2.43. The van der Waals surface area contributed by atoms with Gasteiger partial charge < -0.3 is 15.7 Å². The van der Waals surface area contributed by atoms with Gasteiger partial charge >= 0.3 is 6.03 Å². The van der Waals surface area contributed by atoms with Crippen molar-refractivity contribution in [2.45, 2.75) is 50.7 Å². The van der Waals surface area contributed by atoms with Crippen LogP contribution in [0.3, 0.4) is 0 Å². The first-order valence-corrected chi connectivity index (χ1v) is 10.2. The maximum absolute atomic E-state index is 12.2. The zero-order chi connectivity index (χ0) is 18.6. The topological polar surface area (TPSA) is 61.4 Å². The van der Waals surface area contributed by atoms with Crippen molar-refractivity contribution in [3.63, 3.8) is 0 Å². The average Bonchev–Trinajstić information content (AvgIpc) is 3.29. The molecule has 2 aromatic rings. The molecular weight excluding hydrogens is 368 g/mol. The van der Waals surface area contributed by atoms with Gasteiger partial charge in [0, 0.05) is 33.3 Å². The second-order valence-electron chi connectivity index (χ2n) is 7.03. The second kappa shape index (κ2) is 8.42. The van der Waals surface area contributed by atoms with E-state index in [9.17, 15) is 9.90 Å². The number of aliphatic hydroxyl groups excluding tert-OH is 1. The van der Waals surface area contributed by atoms with Gasteiger partial charge in [-0.2, -0.15) is 0 Å². The van der Waals surface area contributed by atoms with Crippen LogP contribution in [0.2, 0.25) is 5.02 Å². The van der Waals surface area contributed by atoms with E-state index in [1.54, 1.807) is 18.3 Å². The van der Waals surface area contributed by atoms with Crippen LogP contribution in [0.15, 0.2) is 36.4 Å². The van der Waals surface area contributed by atoms with Crippen LogP contribution in [0, 0.1) is 0 Å². The minimum atomic E-state index is -0.442. The Hall–Kier alpha value is -1.56. The van der Waals surface area contributed by atoms with E-state index in [0.717, 1.165) is 23.3 Å². The summed E-state index contributed by atoms with van der Waals surface area (Å²) in [5.41, 5.74) is 1.01. The maximum atomic E-state index is 12.2. The molecule has 3 N–H and O–H groups in total.